The number of rotatable bonds is 0. The molecule has 0 radical (unpaired) electrons. The van der Waals surface area contributed by atoms with Gasteiger partial charge in [0.05, 0.1) is 17.8 Å². The van der Waals surface area contributed by atoms with Crippen LogP contribution in [0.1, 0.15) is 11.5 Å². The lowest BCUT2D eigenvalue weighted by Crippen LogP contribution is -2.40. The number of ether oxygens (including phenoxy) is 1. The summed E-state index contributed by atoms with van der Waals surface area (Å²) in [6.07, 6.45) is -1.65. The number of carbonyl (C=O) groups excluding carboxylic acids is 1. The number of fused-ring (bicyclic) bond motifs is 3. The molecule has 0 saturated carbocycles. The molecular formula is C12H9NO5. The maximum absolute atomic E-state index is 11.8. The van der Waals surface area contributed by atoms with E-state index in [4.69, 9.17) is 14.9 Å². The van der Waals surface area contributed by atoms with Crippen LogP contribution in [-0.4, -0.2) is 33.3 Å². The van der Waals surface area contributed by atoms with Crippen molar-refractivity contribution in [2.75, 3.05) is 0 Å². The number of nitrogens with zero attached hydrogens (tertiary/aromatic N) is 1. The van der Waals surface area contributed by atoms with E-state index in [-0.39, 0.29) is 5.57 Å². The summed E-state index contributed by atoms with van der Waals surface area (Å²) >= 11 is 0. The molecule has 0 aromatic heterocycles. The number of benzene rings is 1. The number of aliphatic hydroxyl groups excluding tert-OH is 1. The van der Waals surface area contributed by atoms with Gasteiger partial charge >= 0.3 is 6.09 Å². The van der Waals surface area contributed by atoms with Gasteiger partial charge in [-0.2, -0.15) is 0 Å². The highest BCUT2D eigenvalue weighted by Gasteiger charge is 2.54. The van der Waals surface area contributed by atoms with E-state index < -0.39 is 24.1 Å². The number of hydrogen-bond donors (Lipinski definition) is 2. The fraction of sp³-hybridized carbons (Fsp3) is 0.167. The van der Waals surface area contributed by atoms with Crippen LogP contribution in [0.4, 0.5) is 4.79 Å². The predicted octanol–water partition coefficient (Wildman–Crippen LogP) is 1.45. The highest BCUT2D eigenvalue weighted by Crippen LogP contribution is 2.48. The smallest absolute Gasteiger partial charge is 0.417 e. The molecule has 1 fully saturated rings. The summed E-state index contributed by atoms with van der Waals surface area (Å²) in [4.78, 5) is 23.5. The zero-order valence-electron chi connectivity index (χ0n) is 9.11. The van der Waals surface area contributed by atoms with E-state index in [1.54, 1.807) is 24.3 Å². The van der Waals surface area contributed by atoms with Crippen molar-refractivity contribution >= 4 is 12.0 Å². The Labute approximate surface area is 102 Å². The molecule has 1 saturated heterocycles. The monoisotopic (exact) mass is 247 g/mol. The first-order valence-electron chi connectivity index (χ1n) is 5.31. The van der Waals surface area contributed by atoms with Gasteiger partial charge in [-0.05, 0) is 6.07 Å². The molecule has 2 amide bonds. The zero-order valence-corrected chi connectivity index (χ0v) is 9.11. The predicted molar refractivity (Wildman–Crippen MR) is 59.2 cm³/mol. The number of hydrogen-bond acceptors (Lipinski definition) is 4. The standard InChI is InChI=1S/C12H9NO5/c14-5-7-9-6-3-1-2-4-8(6)18-11(9)13(10(7)15)12(16)17/h1-5,9,11,14H,(H,16,17)/b7-5+. The van der Waals surface area contributed by atoms with Gasteiger partial charge in [0, 0.05) is 5.56 Å². The quantitative estimate of drug-likeness (QED) is 0.535. The maximum Gasteiger partial charge on any atom is 0.417 e. The molecule has 6 heteroatoms. The molecule has 6 nitrogen and oxygen atoms in total. The average molecular weight is 247 g/mol. The average Bonchev–Trinajstić information content (AvgIpc) is 2.81. The molecule has 3 rings (SSSR count). The molecule has 2 atom stereocenters. The third-order valence-electron chi connectivity index (χ3n) is 3.19. The third kappa shape index (κ3) is 1.17. The second kappa shape index (κ2) is 3.49. The Morgan fingerprint density at radius 3 is 2.78 bits per heavy atom. The van der Waals surface area contributed by atoms with Crippen molar-refractivity contribution in [1.29, 1.82) is 0 Å². The fourth-order valence-electron chi connectivity index (χ4n) is 2.44. The number of amides is 2. The van der Waals surface area contributed by atoms with Crippen LogP contribution < -0.4 is 4.74 Å². The largest absolute Gasteiger partial charge is 0.515 e. The summed E-state index contributed by atoms with van der Waals surface area (Å²) in [6, 6.07) is 6.98. The first kappa shape index (κ1) is 10.6. The molecule has 1 aromatic rings. The summed E-state index contributed by atoms with van der Waals surface area (Å²) in [5, 5.41) is 18.2. The summed E-state index contributed by atoms with van der Waals surface area (Å²) in [7, 11) is 0. The molecule has 0 bridgehead atoms. The van der Waals surface area contributed by atoms with Crippen LogP contribution in [0.2, 0.25) is 0 Å². The highest BCUT2D eigenvalue weighted by atomic mass is 16.5. The Balaban J connectivity index is 2.14. The third-order valence-corrected chi connectivity index (χ3v) is 3.19. The van der Waals surface area contributed by atoms with E-state index in [0.29, 0.717) is 22.5 Å². The fourth-order valence-corrected chi connectivity index (χ4v) is 2.44. The van der Waals surface area contributed by atoms with Crippen molar-refractivity contribution in [2.45, 2.75) is 12.1 Å². The van der Waals surface area contributed by atoms with Crippen LogP contribution >= 0.6 is 0 Å². The van der Waals surface area contributed by atoms with Crippen molar-refractivity contribution < 1.29 is 24.5 Å². The SMILES string of the molecule is O=C(O)N1C(=O)/C(=C/O)C2c3ccccc3OC21. The lowest BCUT2D eigenvalue weighted by molar-refractivity contribution is -0.127. The molecule has 2 N–H and O–H groups in total. The van der Waals surface area contributed by atoms with Crippen LogP contribution in [-0.2, 0) is 4.79 Å². The summed E-state index contributed by atoms with van der Waals surface area (Å²) < 4.78 is 5.48. The molecule has 0 spiro atoms. The minimum atomic E-state index is -1.39. The molecule has 2 aliphatic rings. The van der Waals surface area contributed by atoms with Gasteiger partial charge in [-0.25, -0.2) is 9.69 Å². The van der Waals surface area contributed by atoms with Crippen molar-refractivity contribution in [3.63, 3.8) is 0 Å². The van der Waals surface area contributed by atoms with E-state index in [1.165, 1.54) is 0 Å². The number of imide groups is 1. The van der Waals surface area contributed by atoms with Crippen molar-refractivity contribution in [3.8, 4) is 5.75 Å². The number of aliphatic hydroxyl groups is 1. The Kier molecular flexibility index (Phi) is 2.07. The Morgan fingerprint density at radius 2 is 2.11 bits per heavy atom. The Bertz CT molecular complexity index is 580. The van der Waals surface area contributed by atoms with Gasteiger partial charge in [0.25, 0.3) is 5.91 Å². The normalized spacial score (nSPS) is 27.0. The molecule has 1 aromatic carbocycles. The van der Waals surface area contributed by atoms with Gasteiger partial charge in [0.2, 0.25) is 0 Å². The lowest BCUT2D eigenvalue weighted by atomic mass is 9.94. The van der Waals surface area contributed by atoms with E-state index >= 15 is 0 Å². The number of likely N-dealkylation sites (tertiary alicyclic amines) is 1. The summed E-state index contributed by atoms with van der Waals surface area (Å²) in [5.41, 5.74) is 0.743. The van der Waals surface area contributed by atoms with E-state index in [1.807, 2.05) is 0 Å². The van der Waals surface area contributed by atoms with E-state index in [0.717, 1.165) is 0 Å². The van der Waals surface area contributed by atoms with Gasteiger partial charge in [0.15, 0.2) is 6.23 Å². The molecule has 92 valence electrons. The first-order chi connectivity index (χ1) is 8.65. The van der Waals surface area contributed by atoms with Gasteiger partial charge in [-0.3, -0.25) is 4.79 Å². The topological polar surface area (TPSA) is 87.1 Å². The second-order valence-corrected chi connectivity index (χ2v) is 4.07. The van der Waals surface area contributed by atoms with Gasteiger partial charge < -0.3 is 14.9 Å². The summed E-state index contributed by atoms with van der Waals surface area (Å²) in [6.45, 7) is 0. The van der Waals surface area contributed by atoms with Crippen molar-refractivity contribution in [3.05, 3.63) is 41.7 Å². The van der Waals surface area contributed by atoms with Crippen LogP contribution in [0.15, 0.2) is 36.1 Å². The minimum absolute atomic E-state index is 0.0346. The van der Waals surface area contributed by atoms with Gasteiger partial charge in [-0.15, -0.1) is 0 Å². The van der Waals surface area contributed by atoms with Gasteiger partial charge in [-0.1, -0.05) is 18.2 Å². The molecule has 18 heavy (non-hydrogen) atoms. The Morgan fingerprint density at radius 1 is 1.39 bits per heavy atom. The van der Waals surface area contributed by atoms with Gasteiger partial charge in [0.1, 0.15) is 5.75 Å². The van der Waals surface area contributed by atoms with Crippen LogP contribution in [0.5, 0.6) is 5.75 Å². The van der Waals surface area contributed by atoms with Crippen molar-refractivity contribution in [1.82, 2.24) is 4.90 Å². The zero-order chi connectivity index (χ0) is 12.9. The Hall–Kier alpha value is -2.50. The van der Waals surface area contributed by atoms with Crippen LogP contribution in [0.25, 0.3) is 0 Å². The van der Waals surface area contributed by atoms with Crippen LogP contribution in [0, 0.1) is 0 Å². The number of carboxylic acid groups (broad SMARTS) is 1. The molecule has 0 aliphatic carbocycles. The summed E-state index contributed by atoms with van der Waals surface area (Å²) in [5.74, 6) is -0.769. The first-order valence-corrected chi connectivity index (χ1v) is 5.31. The molecule has 2 heterocycles. The number of carbonyl (C=O) groups is 2. The maximum atomic E-state index is 11.8. The number of para-hydroxylation sites is 1. The molecule has 2 unspecified atom stereocenters. The lowest BCUT2D eigenvalue weighted by Gasteiger charge is -2.17. The van der Waals surface area contributed by atoms with Crippen LogP contribution in [0.3, 0.4) is 0 Å². The van der Waals surface area contributed by atoms with E-state index in [9.17, 15) is 9.59 Å². The van der Waals surface area contributed by atoms with E-state index in [2.05, 4.69) is 0 Å². The van der Waals surface area contributed by atoms with Crippen molar-refractivity contribution in [2.24, 2.45) is 0 Å². The second-order valence-electron chi connectivity index (χ2n) is 4.07. The molecule has 2 aliphatic heterocycles. The highest BCUT2D eigenvalue weighted by molar-refractivity contribution is 6.06. The minimum Gasteiger partial charge on any atom is -0.515 e. The molecular weight excluding hydrogens is 238 g/mol.